The Morgan fingerprint density at radius 3 is 2.11 bits per heavy atom. The average Bonchev–Trinajstić information content (AvgIpc) is 2.93. The van der Waals surface area contributed by atoms with Crippen LogP contribution in [0.5, 0.6) is 0 Å². The molecule has 0 aromatic rings. The zero-order chi connectivity index (χ0) is 33.2. The first-order valence-corrected chi connectivity index (χ1v) is 16.9. The van der Waals surface area contributed by atoms with E-state index < -0.39 is 0 Å². The molecule has 0 aromatic carbocycles. The fourth-order valence-electron chi connectivity index (χ4n) is 6.09. The van der Waals surface area contributed by atoms with Gasteiger partial charge in [-0.05, 0) is 103 Å². The molecule has 0 aliphatic heterocycles. The van der Waals surface area contributed by atoms with Crippen molar-refractivity contribution in [2.24, 2.45) is 17.3 Å². The molecule has 0 aromatic heterocycles. The van der Waals surface area contributed by atoms with Crippen LogP contribution in [0.4, 0.5) is 0 Å². The zero-order valence-corrected chi connectivity index (χ0v) is 30.0. The Hall–Kier alpha value is -2.20. The molecule has 3 atom stereocenters. The first-order valence-electron chi connectivity index (χ1n) is 16.9. The predicted octanol–water partition coefficient (Wildman–Crippen LogP) is 10.9. The standard InChI is InChI=1S/C41H66O3/c1-32(19-13-20-35(4)26-27-39-36(5)29-38(43)30-40(39,6)7)17-11-12-18-33(2)21-14-24-37(31-42)25-15-22-34(3)23-16-28-41(8,9)44-10/h11-14,17-21,24,29,34,38-39,42-43H,15-16,22-23,25-28,30-31H2,1-10H3/b12-11+,19-13+,21-14+,32-17+,33-18+,35-20+,37-24-/t34?,38-,39?/m1/s1. The van der Waals surface area contributed by atoms with Gasteiger partial charge in [0.05, 0.1) is 18.3 Å². The molecule has 1 rings (SSSR count). The van der Waals surface area contributed by atoms with E-state index in [0.29, 0.717) is 11.8 Å². The fourth-order valence-corrected chi connectivity index (χ4v) is 6.09. The molecule has 0 amide bonds. The lowest BCUT2D eigenvalue weighted by atomic mass is 9.66. The van der Waals surface area contributed by atoms with Crippen molar-refractivity contribution >= 4 is 0 Å². The molecule has 248 valence electrons. The van der Waals surface area contributed by atoms with Crippen LogP contribution in [0.2, 0.25) is 0 Å². The molecule has 0 fully saturated rings. The monoisotopic (exact) mass is 607 g/mol. The summed E-state index contributed by atoms with van der Waals surface area (Å²) in [5, 5.41) is 19.9. The van der Waals surface area contributed by atoms with E-state index in [4.69, 9.17) is 4.74 Å². The van der Waals surface area contributed by atoms with Crippen molar-refractivity contribution in [2.45, 2.75) is 132 Å². The van der Waals surface area contributed by atoms with E-state index in [-0.39, 0.29) is 23.7 Å². The molecule has 0 saturated carbocycles. The van der Waals surface area contributed by atoms with E-state index in [9.17, 15) is 10.2 Å². The number of hydrogen-bond acceptors (Lipinski definition) is 3. The van der Waals surface area contributed by atoms with Crippen LogP contribution < -0.4 is 0 Å². The first-order chi connectivity index (χ1) is 20.7. The molecular formula is C41H66O3. The highest BCUT2D eigenvalue weighted by molar-refractivity contribution is 5.30. The van der Waals surface area contributed by atoms with Crippen LogP contribution in [0, 0.1) is 17.3 Å². The number of aliphatic hydroxyl groups excluding tert-OH is 2. The van der Waals surface area contributed by atoms with Crippen molar-refractivity contribution in [1.82, 2.24) is 0 Å². The molecule has 2 N–H and O–H groups in total. The maximum atomic E-state index is 10.1. The van der Waals surface area contributed by atoms with Crippen LogP contribution in [-0.2, 0) is 4.74 Å². The first kappa shape index (κ1) is 39.8. The number of methoxy groups -OCH3 is 1. The molecule has 0 saturated heterocycles. The van der Waals surface area contributed by atoms with Gasteiger partial charge in [-0.25, -0.2) is 0 Å². The van der Waals surface area contributed by atoms with Gasteiger partial charge in [0.25, 0.3) is 0 Å². The van der Waals surface area contributed by atoms with Crippen molar-refractivity contribution in [3.63, 3.8) is 0 Å². The van der Waals surface area contributed by atoms with E-state index in [2.05, 4.69) is 123 Å². The molecule has 44 heavy (non-hydrogen) atoms. The molecule has 2 unspecified atom stereocenters. The summed E-state index contributed by atoms with van der Waals surface area (Å²) < 4.78 is 5.52. The van der Waals surface area contributed by atoms with Gasteiger partial charge < -0.3 is 14.9 Å². The summed E-state index contributed by atoms with van der Waals surface area (Å²) >= 11 is 0. The van der Waals surface area contributed by atoms with Crippen LogP contribution in [0.3, 0.4) is 0 Å². The number of allylic oxidation sites excluding steroid dienone is 14. The molecule has 0 radical (unpaired) electrons. The van der Waals surface area contributed by atoms with Crippen LogP contribution in [0.15, 0.2) is 94.7 Å². The highest BCUT2D eigenvalue weighted by Crippen LogP contribution is 2.43. The SMILES string of the molecule is COC(C)(C)CCCC(C)CCC/C(=C/C=C/C(C)=C/C=C/C=C(C)/C=C/C=C(\C)CCC1C(C)=C[C@@H](O)CC1(C)C)CO. The van der Waals surface area contributed by atoms with E-state index in [1.54, 1.807) is 7.11 Å². The highest BCUT2D eigenvalue weighted by atomic mass is 16.5. The van der Waals surface area contributed by atoms with E-state index in [0.717, 1.165) is 44.1 Å². The van der Waals surface area contributed by atoms with Crippen LogP contribution >= 0.6 is 0 Å². The molecule has 0 spiro atoms. The van der Waals surface area contributed by atoms with Crippen molar-refractivity contribution in [3.05, 3.63) is 94.7 Å². The molecule has 3 nitrogen and oxygen atoms in total. The second-order valence-corrected chi connectivity index (χ2v) is 14.5. The Bertz CT molecular complexity index is 1090. The predicted molar refractivity (Wildman–Crippen MR) is 193 cm³/mol. The van der Waals surface area contributed by atoms with Gasteiger partial charge in [0.1, 0.15) is 0 Å². The summed E-state index contributed by atoms with van der Waals surface area (Å²) in [7, 11) is 1.79. The van der Waals surface area contributed by atoms with Gasteiger partial charge in [-0.1, -0.05) is 129 Å². The fraction of sp³-hybridized carbons (Fsp3) is 0.610. The Kier molecular flexibility index (Phi) is 18.8. The van der Waals surface area contributed by atoms with Crippen LogP contribution in [-0.4, -0.2) is 35.6 Å². The average molecular weight is 607 g/mol. The second kappa shape index (κ2) is 20.8. The molecule has 0 bridgehead atoms. The van der Waals surface area contributed by atoms with E-state index >= 15 is 0 Å². The maximum Gasteiger partial charge on any atom is 0.0728 e. The summed E-state index contributed by atoms with van der Waals surface area (Å²) in [6.45, 7) is 19.9. The largest absolute Gasteiger partial charge is 0.392 e. The Morgan fingerprint density at radius 2 is 1.55 bits per heavy atom. The summed E-state index contributed by atoms with van der Waals surface area (Å²) in [6, 6.07) is 0. The third kappa shape index (κ3) is 17.3. The number of ether oxygens (including phenoxy) is 1. The minimum absolute atomic E-state index is 0.0248. The normalized spacial score (nSPS) is 21.6. The van der Waals surface area contributed by atoms with Crippen LogP contribution in [0.25, 0.3) is 0 Å². The highest BCUT2D eigenvalue weighted by Gasteiger charge is 2.35. The van der Waals surface area contributed by atoms with Gasteiger partial charge in [-0.2, -0.15) is 0 Å². The Labute approximate surface area is 272 Å². The minimum atomic E-state index is -0.299. The summed E-state index contributed by atoms with van der Waals surface area (Å²) in [6.07, 6.45) is 32.7. The van der Waals surface area contributed by atoms with Gasteiger partial charge in [0.2, 0.25) is 0 Å². The lowest BCUT2D eigenvalue weighted by Crippen LogP contribution is -2.33. The van der Waals surface area contributed by atoms with E-state index in [1.165, 1.54) is 41.6 Å². The molecule has 3 heteroatoms. The lowest BCUT2D eigenvalue weighted by Gasteiger charge is -2.40. The lowest BCUT2D eigenvalue weighted by molar-refractivity contribution is 0.0127. The van der Waals surface area contributed by atoms with Gasteiger partial charge in [-0.3, -0.25) is 0 Å². The summed E-state index contributed by atoms with van der Waals surface area (Å²) in [5.74, 6) is 1.23. The number of hydrogen-bond donors (Lipinski definition) is 2. The summed E-state index contributed by atoms with van der Waals surface area (Å²) in [5.41, 5.74) is 6.30. The van der Waals surface area contributed by atoms with Crippen molar-refractivity contribution in [2.75, 3.05) is 13.7 Å². The third-order valence-electron chi connectivity index (χ3n) is 9.20. The molecule has 1 aliphatic rings. The minimum Gasteiger partial charge on any atom is -0.392 e. The van der Waals surface area contributed by atoms with Crippen molar-refractivity contribution in [3.8, 4) is 0 Å². The van der Waals surface area contributed by atoms with Crippen LogP contribution in [0.1, 0.15) is 120 Å². The number of rotatable bonds is 19. The van der Waals surface area contributed by atoms with E-state index in [1.807, 2.05) is 6.08 Å². The van der Waals surface area contributed by atoms with Gasteiger partial charge >= 0.3 is 0 Å². The second-order valence-electron chi connectivity index (χ2n) is 14.5. The summed E-state index contributed by atoms with van der Waals surface area (Å²) in [4.78, 5) is 0. The van der Waals surface area contributed by atoms with Crippen molar-refractivity contribution in [1.29, 1.82) is 0 Å². The third-order valence-corrected chi connectivity index (χ3v) is 9.20. The number of aliphatic hydroxyl groups is 2. The molecular weight excluding hydrogens is 540 g/mol. The smallest absolute Gasteiger partial charge is 0.0728 e. The topological polar surface area (TPSA) is 49.7 Å². The Morgan fingerprint density at radius 1 is 0.955 bits per heavy atom. The quantitative estimate of drug-likeness (QED) is 0.114. The van der Waals surface area contributed by atoms with Gasteiger partial charge in [0.15, 0.2) is 0 Å². The van der Waals surface area contributed by atoms with Gasteiger partial charge in [0, 0.05) is 7.11 Å². The van der Waals surface area contributed by atoms with Gasteiger partial charge in [-0.15, -0.1) is 0 Å². The maximum absolute atomic E-state index is 10.1. The molecule has 0 heterocycles. The Balaban J connectivity index is 2.47. The molecule has 1 aliphatic carbocycles. The van der Waals surface area contributed by atoms with Crippen molar-refractivity contribution < 1.29 is 14.9 Å². The zero-order valence-electron chi connectivity index (χ0n) is 30.0.